The number of nitrogens with one attached hydrogen (secondary N) is 1. The number of aliphatic hydroxyl groups excluding tert-OH is 1. The van der Waals surface area contributed by atoms with Crippen LogP contribution in [0.4, 0.5) is 11.5 Å². The maximum Gasteiger partial charge on any atom is 0.268 e. The lowest BCUT2D eigenvalue weighted by atomic mass is 9.92. The summed E-state index contributed by atoms with van der Waals surface area (Å²) in [6.45, 7) is 2.55. The summed E-state index contributed by atoms with van der Waals surface area (Å²) in [6, 6.07) is 27.9. The first kappa shape index (κ1) is 27.5. The van der Waals surface area contributed by atoms with Gasteiger partial charge >= 0.3 is 0 Å². The Bertz CT molecular complexity index is 1510. The van der Waals surface area contributed by atoms with Crippen molar-refractivity contribution in [1.29, 1.82) is 0 Å². The molecule has 8 heteroatoms. The van der Waals surface area contributed by atoms with Gasteiger partial charge in [0, 0.05) is 42.6 Å². The van der Waals surface area contributed by atoms with Crippen LogP contribution in [0, 0.1) is 0 Å². The number of amides is 1. The predicted molar refractivity (Wildman–Crippen MR) is 152 cm³/mol. The van der Waals surface area contributed by atoms with E-state index < -0.39 is 5.91 Å². The van der Waals surface area contributed by atoms with Gasteiger partial charge in [0.25, 0.3) is 5.91 Å². The molecule has 0 aliphatic heterocycles. The molecule has 0 bridgehead atoms. The number of aromatic nitrogens is 2. The molecule has 6 N–H and O–H groups in total. The summed E-state index contributed by atoms with van der Waals surface area (Å²) >= 11 is 0. The molecular formula is C30H29N5O3. The van der Waals surface area contributed by atoms with Crippen LogP contribution in [0.25, 0.3) is 33.0 Å². The molecule has 0 saturated heterocycles. The number of hydrogen-bond acceptors (Lipinski definition) is 7. The van der Waals surface area contributed by atoms with E-state index in [1.807, 2.05) is 67.5 Å². The van der Waals surface area contributed by atoms with Crippen LogP contribution in [-0.2, 0) is 11.3 Å². The van der Waals surface area contributed by atoms with Crippen LogP contribution in [0.1, 0.15) is 16.1 Å². The fourth-order valence-electron chi connectivity index (χ4n) is 4.20. The van der Waals surface area contributed by atoms with Crippen LogP contribution in [0.2, 0.25) is 0 Å². The molecule has 0 fully saturated rings. The molecule has 2 aromatic heterocycles. The van der Waals surface area contributed by atoms with Gasteiger partial charge in [0.2, 0.25) is 0 Å². The molecule has 8 nitrogen and oxygen atoms in total. The molecule has 1 amide bonds. The first-order valence-corrected chi connectivity index (χ1v) is 11.7. The van der Waals surface area contributed by atoms with Gasteiger partial charge < -0.3 is 26.7 Å². The van der Waals surface area contributed by atoms with Gasteiger partial charge in [-0.05, 0) is 28.1 Å². The highest BCUT2D eigenvalue weighted by atomic mass is 16.2. The Labute approximate surface area is 221 Å². The maximum absolute atomic E-state index is 12.6. The number of carbonyl (C=O) groups excluding carboxylic acids is 2. The largest absolute Gasteiger partial charge is 0.400 e. The second kappa shape index (κ2) is 13.3. The minimum absolute atomic E-state index is 0.167. The highest BCUT2D eigenvalue weighted by Gasteiger charge is 2.21. The van der Waals surface area contributed by atoms with Gasteiger partial charge in [0.15, 0.2) is 0 Å². The standard InChI is InChI=1S/C28H23N5O.CH4O.CH2O/c29-21-14-20(16-31-17-21)24-23-13-7-12-22(19-10-5-2-6-11-19)25(23)28(33-26(24)27(30)34)32-15-18-8-3-1-4-9-18;2*1-2/h1-14,16-17H,15,29H2,(H2,30,34)(H,32,33);2H,1H3;1H2. The van der Waals surface area contributed by atoms with E-state index in [4.69, 9.17) is 26.4 Å². The van der Waals surface area contributed by atoms with E-state index in [9.17, 15) is 4.79 Å². The van der Waals surface area contributed by atoms with Crippen molar-refractivity contribution in [2.24, 2.45) is 5.73 Å². The van der Waals surface area contributed by atoms with E-state index in [1.54, 1.807) is 18.5 Å². The average Bonchev–Trinajstić information content (AvgIpc) is 2.98. The number of hydrogen-bond donors (Lipinski definition) is 4. The second-order valence-corrected chi connectivity index (χ2v) is 7.99. The van der Waals surface area contributed by atoms with E-state index in [2.05, 4.69) is 28.5 Å². The Kier molecular flexibility index (Phi) is 9.62. The van der Waals surface area contributed by atoms with Crippen LogP contribution in [0.5, 0.6) is 0 Å². The molecule has 0 aliphatic carbocycles. The van der Waals surface area contributed by atoms with Gasteiger partial charge in [-0.15, -0.1) is 0 Å². The van der Waals surface area contributed by atoms with Crippen molar-refractivity contribution in [1.82, 2.24) is 9.97 Å². The topological polar surface area (TPSA) is 144 Å². The minimum Gasteiger partial charge on any atom is -0.400 e. The van der Waals surface area contributed by atoms with Gasteiger partial charge in [-0.25, -0.2) is 4.98 Å². The third-order valence-corrected chi connectivity index (χ3v) is 5.70. The van der Waals surface area contributed by atoms with Crippen molar-refractivity contribution in [2.45, 2.75) is 6.54 Å². The van der Waals surface area contributed by atoms with Crippen molar-refractivity contribution in [3.63, 3.8) is 0 Å². The minimum atomic E-state index is -0.618. The first-order chi connectivity index (χ1) is 18.6. The number of pyridine rings is 2. The van der Waals surface area contributed by atoms with Gasteiger partial charge in [-0.3, -0.25) is 9.78 Å². The molecule has 0 aliphatic rings. The molecule has 0 atom stereocenters. The van der Waals surface area contributed by atoms with Crippen molar-refractivity contribution >= 4 is 35.0 Å². The predicted octanol–water partition coefficient (Wildman–Crippen LogP) is 4.68. The van der Waals surface area contributed by atoms with Crippen LogP contribution >= 0.6 is 0 Å². The zero-order chi connectivity index (χ0) is 27.5. The number of nitrogens with zero attached hydrogens (tertiary/aromatic N) is 2. The smallest absolute Gasteiger partial charge is 0.268 e. The number of primary amides is 1. The highest BCUT2D eigenvalue weighted by Crippen LogP contribution is 2.40. The number of rotatable bonds is 6. The molecule has 192 valence electrons. The zero-order valence-corrected chi connectivity index (χ0v) is 21.0. The summed E-state index contributed by atoms with van der Waals surface area (Å²) in [5.41, 5.74) is 16.9. The zero-order valence-electron chi connectivity index (χ0n) is 21.0. The molecule has 2 heterocycles. The summed E-state index contributed by atoms with van der Waals surface area (Å²) in [4.78, 5) is 29.6. The molecule has 5 aromatic rings. The van der Waals surface area contributed by atoms with Gasteiger partial charge in [0.1, 0.15) is 18.3 Å². The normalized spacial score (nSPS) is 9.95. The van der Waals surface area contributed by atoms with Crippen LogP contribution in [0.15, 0.2) is 97.3 Å². The van der Waals surface area contributed by atoms with E-state index in [1.165, 1.54) is 0 Å². The van der Waals surface area contributed by atoms with E-state index in [0.717, 1.165) is 34.6 Å². The lowest BCUT2D eigenvalue weighted by molar-refractivity contribution is -0.0980. The van der Waals surface area contributed by atoms with Gasteiger partial charge in [0.05, 0.1) is 5.69 Å². The number of carbonyl (C=O) groups is 2. The average molecular weight is 508 g/mol. The summed E-state index contributed by atoms with van der Waals surface area (Å²) in [5.74, 6) is -0.0279. The number of aliphatic hydroxyl groups is 1. The van der Waals surface area contributed by atoms with Crippen LogP contribution < -0.4 is 16.8 Å². The second-order valence-electron chi connectivity index (χ2n) is 7.99. The number of fused-ring (bicyclic) bond motifs is 1. The number of nitrogen functional groups attached to an aromatic ring is 1. The van der Waals surface area contributed by atoms with Gasteiger partial charge in [-0.1, -0.05) is 78.9 Å². The number of nitrogens with two attached hydrogens (primary N) is 2. The van der Waals surface area contributed by atoms with Crippen molar-refractivity contribution in [3.05, 3.63) is 109 Å². The van der Waals surface area contributed by atoms with E-state index >= 15 is 0 Å². The van der Waals surface area contributed by atoms with Crippen molar-refractivity contribution in [3.8, 4) is 22.3 Å². The molecule has 5 rings (SSSR count). The molecule has 38 heavy (non-hydrogen) atoms. The summed E-state index contributed by atoms with van der Waals surface area (Å²) in [5, 5.41) is 12.2. The molecule has 0 saturated carbocycles. The van der Waals surface area contributed by atoms with Crippen LogP contribution in [0.3, 0.4) is 0 Å². The molecular weight excluding hydrogens is 478 g/mol. The molecule has 0 radical (unpaired) electrons. The molecule has 0 spiro atoms. The summed E-state index contributed by atoms with van der Waals surface area (Å²) in [6.07, 6.45) is 3.24. The van der Waals surface area contributed by atoms with E-state index in [0.29, 0.717) is 29.2 Å². The summed E-state index contributed by atoms with van der Waals surface area (Å²) in [7, 11) is 1.00. The fourth-order valence-corrected chi connectivity index (χ4v) is 4.20. The van der Waals surface area contributed by atoms with Crippen molar-refractivity contribution < 1.29 is 14.7 Å². The lowest BCUT2D eigenvalue weighted by Crippen LogP contribution is -2.17. The van der Waals surface area contributed by atoms with Crippen LogP contribution in [-0.4, -0.2) is 34.9 Å². The Morgan fingerprint density at radius 3 is 2.18 bits per heavy atom. The quantitative estimate of drug-likeness (QED) is 0.261. The number of benzene rings is 3. The lowest BCUT2D eigenvalue weighted by Gasteiger charge is -2.18. The van der Waals surface area contributed by atoms with Crippen molar-refractivity contribution in [2.75, 3.05) is 18.2 Å². The fraction of sp³-hybridized carbons (Fsp3) is 0.0667. The third-order valence-electron chi connectivity index (χ3n) is 5.70. The first-order valence-electron chi connectivity index (χ1n) is 11.7. The Balaban J connectivity index is 0.000000956. The van der Waals surface area contributed by atoms with E-state index in [-0.39, 0.29) is 5.69 Å². The molecule has 0 unspecified atom stereocenters. The third kappa shape index (κ3) is 6.00. The monoisotopic (exact) mass is 507 g/mol. The molecule has 3 aromatic carbocycles. The number of anilines is 2. The van der Waals surface area contributed by atoms with Gasteiger partial charge in [-0.2, -0.15) is 0 Å². The Morgan fingerprint density at radius 2 is 1.55 bits per heavy atom. The highest BCUT2D eigenvalue weighted by molar-refractivity contribution is 6.15. The maximum atomic E-state index is 12.6. The summed E-state index contributed by atoms with van der Waals surface area (Å²) < 4.78 is 0. The SMILES string of the molecule is C=O.CO.NC(=O)c1nc(NCc2ccccc2)c2c(-c3ccccc3)cccc2c1-c1cncc(N)c1. The Hall–Kier alpha value is -5.08. The Morgan fingerprint density at radius 1 is 0.895 bits per heavy atom.